The van der Waals surface area contributed by atoms with Gasteiger partial charge in [0, 0.05) is 19.1 Å². The van der Waals surface area contributed by atoms with Gasteiger partial charge in [-0.2, -0.15) is 10.5 Å². The number of hydrogen-bond acceptors (Lipinski definition) is 6. The number of nitrogens with zero attached hydrogens (tertiary/aromatic N) is 5. The summed E-state index contributed by atoms with van der Waals surface area (Å²) in [5, 5.41) is 18.7. The van der Waals surface area contributed by atoms with Gasteiger partial charge in [0.2, 0.25) is 11.8 Å². The summed E-state index contributed by atoms with van der Waals surface area (Å²) in [6.07, 6.45) is 2.39. The minimum Gasteiger partial charge on any atom is -0.322 e. The first kappa shape index (κ1) is 18.1. The van der Waals surface area contributed by atoms with Gasteiger partial charge >= 0.3 is 0 Å². The van der Waals surface area contributed by atoms with E-state index in [1.54, 1.807) is 28.0 Å². The highest BCUT2D eigenvalue weighted by atomic mass is 16.2. The van der Waals surface area contributed by atoms with Crippen LogP contribution in [0.1, 0.15) is 24.8 Å². The molecular formula is C21H22N6O2. The molecule has 1 aromatic rings. The normalized spacial score (nSPS) is 33.3. The molecule has 3 aliphatic heterocycles. The maximum Gasteiger partial charge on any atom is 0.244 e. The molecule has 5 rings (SSSR count). The molecule has 6 atom stereocenters. The number of carbonyl (C=O) groups excluding carboxylic acids is 2. The Bertz CT molecular complexity index is 965. The Kier molecular flexibility index (Phi) is 4.09. The van der Waals surface area contributed by atoms with Crippen LogP contribution in [0.5, 0.6) is 0 Å². The third kappa shape index (κ3) is 2.71. The fraction of sp³-hybridized carbons (Fsp3) is 0.524. The topological polar surface area (TPSA) is 117 Å². The fourth-order valence-electron chi connectivity index (χ4n) is 5.37. The maximum atomic E-state index is 13.0. The number of fused-ring (bicyclic) bond motifs is 3. The SMILES string of the molecule is N#Cc1ccccc1N1C(=O)[C@@H]2CC1CN2CC(N)C(=O)N1C(C#N)C[C@@H]2C[C@@H]21. The molecule has 4 fully saturated rings. The number of carbonyl (C=O) groups is 2. The first-order chi connectivity index (χ1) is 14.0. The number of piperazine rings is 1. The van der Waals surface area contributed by atoms with Crippen molar-refractivity contribution in [2.45, 2.75) is 49.5 Å². The van der Waals surface area contributed by atoms with Crippen LogP contribution in [0.3, 0.4) is 0 Å². The minimum atomic E-state index is -0.739. The molecule has 2 amide bonds. The Hall–Kier alpha value is -2.94. The Morgan fingerprint density at radius 2 is 2.03 bits per heavy atom. The van der Waals surface area contributed by atoms with Gasteiger partial charge in [0.15, 0.2) is 0 Å². The number of para-hydroxylation sites is 1. The van der Waals surface area contributed by atoms with Crippen molar-refractivity contribution in [3.63, 3.8) is 0 Å². The summed E-state index contributed by atoms with van der Waals surface area (Å²) < 4.78 is 0. The number of piperidine rings is 1. The van der Waals surface area contributed by atoms with Crippen molar-refractivity contribution in [3.05, 3.63) is 29.8 Å². The molecule has 3 unspecified atom stereocenters. The number of rotatable bonds is 4. The summed E-state index contributed by atoms with van der Waals surface area (Å²) >= 11 is 0. The van der Waals surface area contributed by atoms with Gasteiger partial charge in [0.25, 0.3) is 0 Å². The van der Waals surface area contributed by atoms with E-state index in [0.29, 0.717) is 36.7 Å². The maximum absolute atomic E-state index is 13.0. The summed E-state index contributed by atoms with van der Waals surface area (Å²) in [7, 11) is 0. The van der Waals surface area contributed by atoms with Crippen molar-refractivity contribution < 1.29 is 9.59 Å². The average Bonchev–Trinajstić information content (AvgIpc) is 3.07. The van der Waals surface area contributed by atoms with E-state index < -0.39 is 6.04 Å². The molecule has 3 heterocycles. The Morgan fingerprint density at radius 1 is 1.24 bits per heavy atom. The lowest BCUT2D eigenvalue weighted by Gasteiger charge is -2.36. The van der Waals surface area contributed by atoms with Crippen LogP contribution >= 0.6 is 0 Å². The number of hydrogen-bond donors (Lipinski definition) is 1. The number of anilines is 1. The highest BCUT2D eigenvalue weighted by molar-refractivity contribution is 6.02. The second kappa shape index (κ2) is 6.55. The van der Waals surface area contributed by atoms with Crippen LogP contribution in [-0.2, 0) is 9.59 Å². The third-order valence-corrected chi connectivity index (χ3v) is 6.81. The van der Waals surface area contributed by atoms with Gasteiger partial charge in [-0.15, -0.1) is 0 Å². The molecule has 3 saturated heterocycles. The van der Waals surface area contributed by atoms with Crippen molar-refractivity contribution in [3.8, 4) is 12.1 Å². The molecule has 0 radical (unpaired) electrons. The number of benzene rings is 1. The lowest BCUT2D eigenvalue weighted by atomic mass is 10.1. The molecule has 1 saturated carbocycles. The van der Waals surface area contributed by atoms with Crippen LogP contribution in [-0.4, -0.2) is 64.9 Å². The van der Waals surface area contributed by atoms with E-state index >= 15 is 0 Å². The lowest BCUT2D eigenvalue weighted by molar-refractivity contribution is -0.135. The minimum absolute atomic E-state index is 0.0178. The number of likely N-dealkylation sites (tertiary alicyclic amines) is 2. The first-order valence-electron chi connectivity index (χ1n) is 10.1. The molecule has 1 aliphatic carbocycles. The van der Waals surface area contributed by atoms with Crippen LogP contribution in [0.25, 0.3) is 0 Å². The zero-order valence-corrected chi connectivity index (χ0v) is 15.9. The van der Waals surface area contributed by atoms with E-state index in [-0.39, 0.29) is 36.0 Å². The van der Waals surface area contributed by atoms with Gasteiger partial charge in [-0.05, 0) is 37.3 Å². The summed E-state index contributed by atoms with van der Waals surface area (Å²) in [4.78, 5) is 31.3. The number of nitrogens with two attached hydrogens (primary N) is 1. The molecule has 2 N–H and O–H groups in total. The Labute approximate surface area is 169 Å². The quantitative estimate of drug-likeness (QED) is 0.784. The molecule has 2 bridgehead atoms. The second-order valence-electron chi connectivity index (χ2n) is 8.49. The number of amides is 2. The predicted octanol–water partition coefficient (Wildman–Crippen LogP) is 0.188. The van der Waals surface area contributed by atoms with E-state index in [0.717, 1.165) is 12.8 Å². The highest BCUT2D eigenvalue weighted by Crippen LogP contribution is 2.47. The van der Waals surface area contributed by atoms with Crippen LogP contribution in [0.4, 0.5) is 5.69 Å². The largest absolute Gasteiger partial charge is 0.322 e. The number of nitriles is 2. The zero-order chi connectivity index (χ0) is 20.3. The summed E-state index contributed by atoms with van der Waals surface area (Å²) in [5.74, 6) is 0.235. The molecule has 1 aromatic carbocycles. The molecular weight excluding hydrogens is 368 g/mol. The van der Waals surface area contributed by atoms with Crippen LogP contribution in [0.15, 0.2) is 24.3 Å². The van der Waals surface area contributed by atoms with E-state index in [4.69, 9.17) is 5.73 Å². The zero-order valence-electron chi connectivity index (χ0n) is 15.9. The standard InChI is InChI=1S/C21H22N6O2/c22-8-12-3-1-2-4-17(12)27-15-7-19(21(27)29)25(10-15)11-16(24)20(28)26-14(9-23)5-13-6-18(13)26/h1-4,13-16,18-19H,5-7,10-11,24H2/t13-,14?,15?,16?,18+,19+/m1/s1. The van der Waals surface area contributed by atoms with Crippen molar-refractivity contribution in [2.75, 3.05) is 18.0 Å². The van der Waals surface area contributed by atoms with E-state index in [1.165, 1.54) is 0 Å². The van der Waals surface area contributed by atoms with Crippen LogP contribution in [0, 0.1) is 28.6 Å². The molecule has 8 heteroatoms. The monoisotopic (exact) mass is 390 g/mol. The van der Waals surface area contributed by atoms with Gasteiger partial charge in [-0.25, -0.2) is 0 Å². The second-order valence-corrected chi connectivity index (χ2v) is 8.49. The summed E-state index contributed by atoms with van der Waals surface area (Å²) in [6.45, 7) is 0.941. The molecule has 0 spiro atoms. The molecule has 0 aromatic heterocycles. The first-order valence-corrected chi connectivity index (χ1v) is 10.1. The Morgan fingerprint density at radius 3 is 2.76 bits per heavy atom. The lowest BCUT2D eigenvalue weighted by Crippen LogP contribution is -2.57. The molecule has 148 valence electrons. The van der Waals surface area contributed by atoms with Crippen molar-refractivity contribution in [1.29, 1.82) is 10.5 Å². The van der Waals surface area contributed by atoms with Gasteiger partial charge in [-0.3, -0.25) is 14.5 Å². The van der Waals surface area contributed by atoms with E-state index in [1.807, 2.05) is 11.0 Å². The highest BCUT2D eigenvalue weighted by Gasteiger charge is 2.55. The predicted molar refractivity (Wildman–Crippen MR) is 103 cm³/mol. The van der Waals surface area contributed by atoms with Gasteiger partial charge in [0.1, 0.15) is 12.1 Å². The van der Waals surface area contributed by atoms with Crippen molar-refractivity contribution in [2.24, 2.45) is 11.7 Å². The van der Waals surface area contributed by atoms with Crippen LogP contribution in [0.2, 0.25) is 0 Å². The molecule has 29 heavy (non-hydrogen) atoms. The van der Waals surface area contributed by atoms with Gasteiger partial charge in [-0.1, -0.05) is 12.1 Å². The molecule has 4 aliphatic rings. The third-order valence-electron chi connectivity index (χ3n) is 6.81. The van der Waals surface area contributed by atoms with Crippen molar-refractivity contribution in [1.82, 2.24) is 9.80 Å². The average molecular weight is 390 g/mol. The fourth-order valence-corrected chi connectivity index (χ4v) is 5.37. The molecule has 8 nitrogen and oxygen atoms in total. The summed E-state index contributed by atoms with van der Waals surface area (Å²) in [5.41, 5.74) is 7.38. The van der Waals surface area contributed by atoms with E-state index in [2.05, 4.69) is 12.1 Å². The van der Waals surface area contributed by atoms with Gasteiger partial charge in [0.05, 0.1) is 35.4 Å². The van der Waals surface area contributed by atoms with Crippen LogP contribution < -0.4 is 10.6 Å². The van der Waals surface area contributed by atoms with Gasteiger partial charge < -0.3 is 15.5 Å². The Balaban J connectivity index is 1.27. The van der Waals surface area contributed by atoms with E-state index in [9.17, 15) is 20.1 Å². The smallest absolute Gasteiger partial charge is 0.244 e. The summed E-state index contributed by atoms with van der Waals surface area (Å²) in [6, 6.07) is 10.2. The van der Waals surface area contributed by atoms with Crippen molar-refractivity contribution >= 4 is 17.5 Å².